The highest BCUT2D eigenvalue weighted by Gasteiger charge is 2.32. The first-order valence-corrected chi connectivity index (χ1v) is 7.21. The van der Waals surface area contributed by atoms with Gasteiger partial charge in [-0.05, 0) is 26.0 Å². The number of amides is 3. The second-order valence-corrected chi connectivity index (χ2v) is 4.81. The van der Waals surface area contributed by atoms with E-state index in [2.05, 4.69) is 5.32 Å². The summed E-state index contributed by atoms with van der Waals surface area (Å²) in [6, 6.07) is 9.23. The zero-order valence-electron chi connectivity index (χ0n) is 12.4. The summed E-state index contributed by atoms with van der Waals surface area (Å²) in [6.45, 7) is 5.93. The third-order valence-corrected chi connectivity index (χ3v) is 3.47. The maximum absolute atomic E-state index is 11.9. The van der Waals surface area contributed by atoms with Crippen molar-refractivity contribution in [2.24, 2.45) is 0 Å². The first-order chi connectivity index (χ1) is 10.2. The van der Waals surface area contributed by atoms with Gasteiger partial charge >= 0.3 is 12.1 Å². The molecule has 114 valence electrons. The molecule has 1 N–H and O–H groups in total. The van der Waals surface area contributed by atoms with Gasteiger partial charge in [0.15, 0.2) is 0 Å². The van der Waals surface area contributed by atoms with E-state index in [9.17, 15) is 9.59 Å². The predicted octanol–water partition coefficient (Wildman–Crippen LogP) is 2.06. The number of ether oxygens (including phenoxy) is 1. The molecule has 0 bridgehead atoms. The fourth-order valence-electron chi connectivity index (χ4n) is 2.27. The molecule has 1 unspecified atom stereocenters. The second kappa shape index (κ2) is 6.97. The quantitative estimate of drug-likeness (QED) is 0.903. The van der Waals surface area contributed by atoms with Crippen molar-refractivity contribution >= 4 is 17.8 Å². The number of hydrogen-bond acceptors (Lipinski definition) is 3. The van der Waals surface area contributed by atoms with Crippen LogP contribution in [0.5, 0.6) is 0 Å². The number of urea groups is 1. The van der Waals surface area contributed by atoms with Crippen molar-refractivity contribution < 1.29 is 14.3 Å². The molecular formula is C15H21N3O3. The number of nitrogens with zero attached hydrogens (tertiary/aromatic N) is 2. The number of anilines is 1. The fraction of sp³-hybridized carbons (Fsp3) is 0.467. The number of carbonyl (C=O) groups excluding carboxylic acids is 2. The first kappa shape index (κ1) is 15.2. The summed E-state index contributed by atoms with van der Waals surface area (Å²) >= 11 is 0. The largest absolute Gasteiger partial charge is 0.442 e. The molecule has 0 aliphatic carbocycles. The Morgan fingerprint density at radius 3 is 2.62 bits per heavy atom. The molecular weight excluding hydrogens is 270 g/mol. The molecule has 2 rings (SSSR count). The average Bonchev–Trinajstić information content (AvgIpc) is 2.88. The van der Waals surface area contributed by atoms with Gasteiger partial charge < -0.3 is 15.0 Å². The zero-order valence-corrected chi connectivity index (χ0v) is 12.4. The maximum atomic E-state index is 11.9. The SMILES string of the molecule is CCN(CC)C(=O)NCC1CN(c2ccccc2)C(=O)O1. The summed E-state index contributed by atoms with van der Waals surface area (Å²) in [6.07, 6.45) is -0.694. The summed E-state index contributed by atoms with van der Waals surface area (Å²) in [4.78, 5) is 27.0. The number of nitrogens with one attached hydrogen (secondary N) is 1. The van der Waals surface area contributed by atoms with Crippen molar-refractivity contribution in [2.45, 2.75) is 20.0 Å². The minimum absolute atomic E-state index is 0.130. The van der Waals surface area contributed by atoms with Crippen molar-refractivity contribution in [1.29, 1.82) is 0 Å². The summed E-state index contributed by atoms with van der Waals surface area (Å²) in [5.41, 5.74) is 0.806. The monoisotopic (exact) mass is 291 g/mol. The van der Waals surface area contributed by atoms with Gasteiger partial charge in [0.05, 0.1) is 13.1 Å². The van der Waals surface area contributed by atoms with E-state index in [1.807, 2.05) is 44.2 Å². The van der Waals surface area contributed by atoms with Crippen LogP contribution in [0.4, 0.5) is 15.3 Å². The van der Waals surface area contributed by atoms with Crippen LogP contribution in [0.2, 0.25) is 0 Å². The molecule has 1 heterocycles. The van der Waals surface area contributed by atoms with E-state index < -0.39 is 0 Å². The lowest BCUT2D eigenvalue weighted by Gasteiger charge is -2.20. The Labute approximate surface area is 124 Å². The van der Waals surface area contributed by atoms with Gasteiger partial charge in [-0.15, -0.1) is 0 Å². The molecule has 1 atom stereocenters. The van der Waals surface area contributed by atoms with Crippen LogP contribution < -0.4 is 10.2 Å². The van der Waals surface area contributed by atoms with Gasteiger partial charge in [-0.2, -0.15) is 0 Å². The average molecular weight is 291 g/mol. The second-order valence-electron chi connectivity index (χ2n) is 4.81. The summed E-state index contributed by atoms with van der Waals surface area (Å²) in [5, 5.41) is 2.80. The van der Waals surface area contributed by atoms with E-state index in [1.165, 1.54) is 0 Å². The van der Waals surface area contributed by atoms with E-state index in [4.69, 9.17) is 4.74 Å². The Bertz CT molecular complexity index is 488. The van der Waals surface area contributed by atoms with Crippen LogP contribution in [0.3, 0.4) is 0 Å². The minimum atomic E-state index is -0.372. The molecule has 21 heavy (non-hydrogen) atoms. The van der Waals surface area contributed by atoms with Crippen LogP contribution in [0.25, 0.3) is 0 Å². The Morgan fingerprint density at radius 1 is 1.33 bits per heavy atom. The molecule has 1 fully saturated rings. The topological polar surface area (TPSA) is 61.9 Å². The van der Waals surface area contributed by atoms with Gasteiger partial charge in [0, 0.05) is 18.8 Å². The van der Waals surface area contributed by atoms with Gasteiger partial charge in [-0.1, -0.05) is 18.2 Å². The molecule has 0 saturated carbocycles. The Hall–Kier alpha value is -2.24. The minimum Gasteiger partial charge on any atom is -0.442 e. The van der Waals surface area contributed by atoms with Crippen LogP contribution in [0, 0.1) is 0 Å². The van der Waals surface area contributed by atoms with Crippen molar-refractivity contribution in [3.05, 3.63) is 30.3 Å². The smallest absolute Gasteiger partial charge is 0.414 e. The Balaban J connectivity index is 1.87. The van der Waals surface area contributed by atoms with Crippen LogP contribution >= 0.6 is 0 Å². The Morgan fingerprint density at radius 2 is 2.00 bits per heavy atom. The van der Waals surface area contributed by atoms with E-state index in [-0.39, 0.29) is 18.2 Å². The first-order valence-electron chi connectivity index (χ1n) is 7.21. The molecule has 1 aliphatic rings. The van der Waals surface area contributed by atoms with E-state index >= 15 is 0 Å². The van der Waals surface area contributed by atoms with Gasteiger partial charge in [0.2, 0.25) is 0 Å². The van der Waals surface area contributed by atoms with E-state index in [0.717, 1.165) is 5.69 Å². The molecule has 0 spiro atoms. The number of rotatable bonds is 5. The molecule has 0 aromatic heterocycles. The number of para-hydroxylation sites is 1. The molecule has 1 aromatic carbocycles. The van der Waals surface area contributed by atoms with Crippen molar-refractivity contribution in [3.8, 4) is 0 Å². The van der Waals surface area contributed by atoms with Crippen molar-refractivity contribution in [1.82, 2.24) is 10.2 Å². The van der Waals surface area contributed by atoms with Crippen LogP contribution in [-0.4, -0.2) is 49.3 Å². The number of hydrogen-bond donors (Lipinski definition) is 1. The molecule has 6 nitrogen and oxygen atoms in total. The van der Waals surface area contributed by atoms with Crippen molar-refractivity contribution in [3.63, 3.8) is 0 Å². The van der Waals surface area contributed by atoms with Crippen LogP contribution in [0.1, 0.15) is 13.8 Å². The summed E-state index contributed by atoms with van der Waals surface area (Å²) in [5.74, 6) is 0. The maximum Gasteiger partial charge on any atom is 0.414 e. The lowest BCUT2D eigenvalue weighted by molar-refractivity contribution is 0.138. The lowest BCUT2D eigenvalue weighted by Crippen LogP contribution is -2.43. The molecule has 3 amide bonds. The van der Waals surface area contributed by atoms with Crippen molar-refractivity contribution in [2.75, 3.05) is 31.1 Å². The Kier molecular flexibility index (Phi) is 5.03. The van der Waals surface area contributed by atoms with Gasteiger partial charge in [-0.3, -0.25) is 4.90 Å². The fourth-order valence-corrected chi connectivity index (χ4v) is 2.27. The van der Waals surface area contributed by atoms with Gasteiger partial charge in [-0.25, -0.2) is 9.59 Å². The van der Waals surface area contributed by atoms with Gasteiger partial charge in [0.25, 0.3) is 0 Å². The molecule has 1 aromatic rings. The predicted molar refractivity (Wildman–Crippen MR) is 80.4 cm³/mol. The third-order valence-electron chi connectivity index (χ3n) is 3.47. The molecule has 1 aliphatic heterocycles. The highest BCUT2D eigenvalue weighted by atomic mass is 16.6. The number of benzene rings is 1. The molecule has 0 radical (unpaired) electrons. The van der Waals surface area contributed by atoms with Gasteiger partial charge in [0.1, 0.15) is 6.10 Å². The van der Waals surface area contributed by atoms with E-state index in [1.54, 1.807) is 9.80 Å². The standard InChI is InChI=1S/C15H21N3O3/c1-3-17(4-2)14(19)16-10-13-11-18(15(20)21-13)12-8-6-5-7-9-12/h5-9,13H,3-4,10-11H2,1-2H3,(H,16,19). The summed E-state index contributed by atoms with van der Waals surface area (Å²) in [7, 11) is 0. The third kappa shape index (κ3) is 3.65. The molecule has 1 saturated heterocycles. The highest BCUT2D eigenvalue weighted by Crippen LogP contribution is 2.20. The normalized spacial score (nSPS) is 17.5. The number of carbonyl (C=O) groups is 2. The van der Waals surface area contributed by atoms with Crippen LogP contribution in [-0.2, 0) is 4.74 Å². The van der Waals surface area contributed by atoms with Crippen LogP contribution in [0.15, 0.2) is 30.3 Å². The van der Waals surface area contributed by atoms with E-state index in [0.29, 0.717) is 26.2 Å². The number of cyclic esters (lactones) is 1. The molecule has 6 heteroatoms. The zero-order chi connectivity index (χ0) is 15.2. The highest BCUT2D eigenvalue weighted by molar-refractivity contribution is 5.89. The lowest BCUT2D eigenvalue weighted by atomic mass is 10.3. The summed E-state index contributed by atoms with van der Waals surface area (Å²) < 4.78 is 5.28.